The zero-order valence-electron chi connectivity index (χ0n) is 9.89. The fraction of sp³-hybridized carbons (Fsp3) is 0.583. The molecule has 5 heteroatoms. The summed E-state index contributed by atoms with van der Waals surface area (Å²) >= 11 is 0. The lowest BCUT2D eigenvalue weighted by atomic mass is 9.64. The minimum atomic E-state index is -1.51. The molecule has 17 heavy (non-hydrogen) atoms. The minimum absolute atomic E-state index is 0.211. The van der Waals surface area contributed by atoms with Crippen molar-refractivity contribution in [1.82, 2.24) is 0 Å². The quantitative estimate of drug-likeness (QED) is 0.574. The van der Waals surface area contributed by atoms with Gasteiger partial charge in [0.05, 0.1) is 23.5 Å². The van der Waals surface area contributed by atoms with Crippen molar-refractivity contribution in [3.63, 3.8) is 0 Å². The molecule has 2 heterocycles. The standard InChI is InChI=1S/C12H14O5/c1-5-4-7-8(9(14)11(15)16)12(3,6(2)13)10(5)17-7/h4,7-8,10H,1-3H3,(H,15,16). The highest BCUT2D eigenvalue weighted by molar-refractivity contribution is 6.34. The molecule has 2 aliphatic rings. The van der Waals surface area contributed by atoms with Crippen molar-refractivity contribution < 1.29 is 24.2 Å². The van der Waals surface area contributed by atoms with Gasteiger partial charge in [-0.2, -0.15) is 0 Å². The van der Waals surface area contributed by atoms with Crippen molar-refractivity contribution in [1.29, 1.82) is 0 Å². The van der Waals surface area contributed by atoms with Crippen molar-refractivity contribution in [2.45, 2.75) is 33.0 Å². The van der Waals surface area contributed by atoms with Crippen molar-refractivity contribution >= 4 is 17.5 Å². The molecular formula is C12H14O5. The van der Waals surface area contributed by atoms with Gasteiger partial charge in [0.25, 0.3) is 0 Å². The smallest absolute Gasteiger partial charge is 0.372 e. The molecule has 1 N–H and O–H groups in total. The summed E-state index contributed by atoms with van der Waals surface area (Å²) in [5.41, 5.74) is -0.166. The van der Waals surface area contributed by atoms with Crippen LogP contribution in [0.3, 0.4) is 0 Å². The zero-order chi connectivity index (χ0) is 13.0. The van der Waals surface area contributed by atoms with E-state index in [4.69, 9.17) is 9.84 Å². The lowest BCUT2D eigenvalue weighted by Crippen LogP contribution is -2.48. The normalized spacial score (nSPS) is 39.0. The summed E-state index contributed by atoms with van der Waals surface area (Å²) in [6, 6.07) is 0. The monoisotopic (exact) mass is 238 g/mol. The van der Waals surface area contributed by atoms with Crippen LogP contribution < -0.4 is 0 Å². The first-order valence-corrected chi connectivity index (χ1v) is 5.42. The second-order valence-corrected chi connectivity index (χ2v) is 4.88. The average molecular weight is 238 g/mol. The van der Waals surface area contributed by atoms with E-state index >= 15 is 0 Å². The number of carbonyl (C=O) groups is 3. The second kappa shape index (κ2) is 3.50. The van der Waals surface area contributed by atoms with E-state index in [2.05, 4.69) is 0 Å². The molecule has 0 radical (unpaired) electrons. The number of ketones is 2. The van der Waals surface area contributed by atoms with E-state index in [0.717, 1.165) is 5.57 Å². The van der Waals surface area contributed by atoms with E-state index in [1.54, 1.807) is 13.0 Å². The molecule has 4 unspecified atom stereocenters. The van der Waals surface area contributed by atoms with E-state index in [-0.39, 0.29) is 5.78 Å². The topological polar surface area (TPSA) is 80.7 Å². The Morgan fingerprint density at radius 2 is 2.00 bits per heavy atom. The fourth-order valence-corrected chi connectivity index (χ4v) is 2.90. The van der Waals surface area contributed by atoms with Crippen LogP contribution in [0.1, 0.15) is 20.8 Å². The van der Waals surface area contributed by atoms with Gasteiger partial charge >= 0.3 is 5.97 Å². The Balaban J connectivity index is 2.49. The Bertz CT molecular complexity index is 450. The number of fused-ring (bicyclic) bond motifs is 2. The van der Waals surface area contributed by atoms with Gasteiger partial charge < -0.3 is 9.84 Å². The molecule has 0 aromatic heterocycles. The summed E-state index contributed by atoms with van der Waals surface area (Å²) in [7, 11) is 0. The highest BCUT2D eigenvalue weighted by Gasteiger charge is 2.62. The van der Waals surface area contributed by atoms with Crippen molar-refractivity contribution in [2.24, 2.45) is 11.3 Å². The highest BCUT2D eigenvalue weighted by Crippen LogP contribution is 2.52. The first-order chi connectivity index (χ1) is 7.80. The van der Waals surface area contributed by atoms with Crippen LogP contribution >= 0.6 is 0 Å². The van der Waals surface area contributed by atoms with E-state index in [0.29, 0.717) is 0 Å². The number of rotatable bonds is 3. The number of ether oxygens (including phenoxy) is 1. The van der Waals surface area contributed by atoms with Crippen LogP contribution in [0.5, 0.6) is 0 Å². The number of hydrogen-bond acceptors (Lipinski definition) is 4. The molecular weight excluding hydrogens is 224 g/mol. The van der Waals surface area contributed by atoms with Gasteiger partial charge in [-0.1, -0.05) is 6.08 Å². The predicted molar refractivity (Wildman–Crippen MR) is 57.3 cm³/mol. The molecule has 0 aliphatic carbocycles. The third kappa shape index (κ3) is 1.38. The molecule has 92 valence electrons. The molecule has 0 aromatic carbocycles. The van der Waals surface area contributed by atoms with Gasteiger partial charge in [0.15, 0.2) is 0 Å². The van der Waals surface area contributed by atoms with Gasteiger partial charge in [-0.3, -0.25) is 9.59 Å². The Morgan fingerprint density at radius 3 is 2.47 bits per heavy atom. The number of hydrogen-bond donors (Lipinski definition) is 1. The first-order valence-electron chi connectivity index (χ1n) is 5.42. The van der Waals surface area contributed by atoms with Gasteiger partial charge in [-0.05, 0) is 26.3 Å². The maximum atomic E-state index is 11.8. The van der Waals surface area contributed by atoms with Crippen LogP contribution in [-0.4, -0.2) is 34.9 Å². The van der Waals surface area contributed by atoms with Crippen molar-refractivity contribution in [2.75, 3.05) is 0 Å². The number of Topliss-reactive ketones (excluding diaryl/α,β-unsaturated/α-hetero) is 2. The van der Waals surface area contributed by atoms with Gasteiger partial charge in [-0.15, -0.1) is 0 Å². The van der Waals surface area contributed by atoms with Crippen LogP contribution in [0, 0.1) is 11.3 Å². The molecule has 0 saturated carbocycles. The summed E-state index contributed by atoms with van der Waals surface area (Å²) in [5.74, 6) is -3.58. The molecule has 5 nitrogen and oxygen atoms in total. The maximum Gasteiger partial charge on any atom is 0.372 e. The Kier molecular flexibility index (Phi) is 2.47. The lowest BCUT2D eigenvalue weighted by Gasteiger charge is -2.33. The number of carboxylic acids is 1. The number of aliphatic carboxylic acids is 1. The Hall–Kier alpha value is -1.49. The summed E-state index contributed by atoms with van der Waals surface area (Å²) in [4.78, 5) is 34.3. The van der Waals surface area contributed by atoms with E-state index in [1.165, 1.54) is 6.92 Å². The fourth-order valence-electron chi connectivity index (χ4n) is 2.90. The van der Waals surface area contributed by atoms with E-state index in [1.807, 2.05) is 6.92 Å². The molecule has 2 rings (SSSR count). The van der Waals surface area contributed by atoms with Gasteiger partial charge in [0, 0.05) is 0 Å². The third-order valence-electron chi connectivity index (χ3n) is 3.91. The van der Waals surface area contributed by atoms with Crippen LogP contribution in [0.25, 0.3) is 0 Å². The summed E-state index contributed by atoms with van der Waals surface area (Å²) in [6.45, 7) is 4.81. The molecule has 0 aromatic rings. The van der Waals surface area contributed by atoms with Crippen LogP contribution in [-0.2, 0) is 19.1 Å². The molecule has 0 amide bonds. The Morgan fingerprint density at radius 1 is 1.41 bits per heavy atom. The van der Waals surface area contributed by atoms with E-state index in [9.17, 15) is 14.4 Å². The number of carboxylic acid groups (broad SMARTS) is 1. The maximum absolute atomic E-state index is 11.8. The molecule has 2 bridgehead atoms. The molecule has 1 fully saturated rings. The number of carbonyl (C=O) groups excluding carboxylic acids is 2. The lowest BCUT2D eigenvalue weighted by molar-refractivity contribution is -0.154. The molecule has 2 aliphatic heterocycles. The predicted octanol–water partition coefficient (Wildman–Crippen LogP) is 0.579. The molecule has 1 saturated heterocycles. The van der Waals surface area contributed by atoms with Crippen molar-refractivity contribution in [3.8, 4) is 0 Å². The van der Waals surface area contributed by atoms with Gasteiger partial charge in [0.2, 0.25) is 5.78 Å². The Labute approximate surface area is 98.4 Å². The summed E-state index contributed by atoms with van der Waals surface area (Å²) in [5, 5.41) is 8.81. The van der Waals surface area contributed by atoms with E-state index < -0.39 is 35.3 Å². The minimum Gasteiger partial charge on any atom is -0.475 e. The summed E-state index contributed by atoms with van der Waals surface area (Å²) in [6.07, 6.45) is 0.678. The highest BCUT2D eigenvalue weighted by atomic mass is 16.5. The first kappa shape index (κ1) is 12.0. The SMILES string of the molecule is CC(=O)C1(C)C2OC(C=C2C)C1C(=O)C(=O)O. The molecule has 0 spiro atoms. The zero-order valence-corrected chi connectivity index (χ0v) is 9.89. The van der Waals surface area contributed by atoms with Crippen LogP contribution in [0.15, 0.2) is 11.6 Å². The summed E-state index contributed by atoms with van der Waals surface area (Å²) < 4.78 is 5.55. The van der Waals surface area contributed by atoms with Crippen LogP contribution in [0.4, 0.5) is 0 Å². The van der Waals surface area contributed by atoms with Crippen molar-refractivity contribution in [3.05, 3.63) is 11.6 Å². The third-order valence-corrected chi connectivity index (χ3v) is 3.91. The van der Waals surface area contributed by atoms with Gasteiger partial charge in [-0.25, -0.2) is 4.79 Å². The van der Waals surface area contributed by atoms with Gasteiger partial charge in [0.1, 0.15) is 5.78 Å². The van der Waals surface area contributed by atoms with Crippen LogP contribution in [0.2, 0.25) is 0 Å². The largest absolute Gasteiger partial charge is 0.475 e. The second-order valence-electron chi connectivity index (χ2n) is 4.88. The average Bonchev–Trinajstić information content (AvgIpc) is 2.71. The molecule has 4 atom stereocenters.